The number of aromatic nitrogens is 2. The van der Waals surface area contributed by atoms with Crippen LogP contribution in [0.4, 0.5) is 24.7 Å². The number of nitrogens with zero attached hydrogens (tertiary/aromatic N) is 4. The highest BCUT2D eigenvalue weighted by atomic mass is 79.9. The van der Waals surface area contributed by atoms with Crippen LogP contribution >= 0.6 is 15.9 Å². The highest BCUT2D eigenvalue weighted by molar-refractivity contribution is 9.10. The number of halogens is 4. The number of ether oxygens (including phenoxy) is 1. The molecule has 5 rings (SSSR count). The molecule has 0 bridgehead atoms. The van der Waals surface area contributed by atoms with E-state index in [1.807, 2.05) is 24.3 Å². The fraction of sp³-hybridized carbons (Fsp3) is 0.360. The molecule has 11 heteroatoms. The van der Waals surface area contributed by atoms with Gasteiger partial charge in [0.25, 0.3) is 5.91 Å². The first-order chi connectivity index (χ1) is 17.3. The van der Waals surface area contributed by atoms with Gasteiger partial charge in [-0.25, -0.2) is 4.68 Å². The number of hydrogen-bond donors (Lipinski definition) is 1. The first-order valence-corrected chi connectivity index (χ1v) is 12.4. The van der Waals surface area contributed by atoms with Gasteiger partial charge in [-0.05, 0) is 29.8 Å². The van der Waals surface area contributed by atoms with Gasteiger partial charge in [0.05, 0.1) is 25.0 Å². The van der Waals surface area contributed by atoms with Crippen LogP contribution in [0.5, 0.6) is 5.75 Å². The summed E-state index contributed by atoms with van der Waals surface area (Å²) in [6, 6.07) is 12.4. The molecule has 1 aromatic heterocycles. The predicted molar refractivity (Wildman–Crippen MR) is 134 cm³/mol. The minimum atomic E-state index is -4.50. The molecule has 1 N–H and O–H groups in total. The van der Waals surface area contributed by atoms with Crippen molar-refractivity contribution in [2.45, 2.75) is 24.7 Å². The number of benzene rings is 2. The SMILES string of the molecule is COc1ccccc1N1CCN(C(=O)c2cnn3c2N[C@H](c2ccc(Br)cc2)C[C@H]3C(F)(F)F)CC1. The van der Waals surface area contributed by atoms with E-state index >= 15 is 0 Å². The monoisotopic (exact) mass is 563 g/mol. The van der Waals surface area contributed by atoms with Crippen LogP contribution in [-0.2, 0) is 0 Å². The zero-order valence-corrected chi connectivity index (χ0v) is 21.1. The normalized spacial score (nSPS) is 20.0. The average Bonchev–Trinajstić information content (AvgIpc) is 3.31. The number of nitrogens with one attached hydrogen (secondary N) is 1. The number of piperazine rings is 1. The van der Waals surface area contributed by atoms with Crippen LogP contribution in [0.3, 0.4) is 0 Å². The Hall–Kier alpha value is -3.21. The van der Waals surface area contributed by atoms with Crippen LogP contribution < -0.4 is 15.0 Å². The molecule has 3 aromatic rings. The number of anilines is 2. The lowest BCUT2D eigenvalue weighted by Gasteiger charge is -2.37. The van der Waals surface area contributed by atoms with Crippen LogP contribution in [0.15, 0.2) is 59.2 Å². The van der Waals surface area contributed by atoms with Crippen molar-refractivity contribution in [3.8, 4) is 5.75 Å². The summed E-state index contributed by atoms with van der Waals surface area (Å²) in [5.41, 5.74) is 1.81. The molecule has 36 heavy (non-hydrogen) atoms. The van der Waals surface area contributed by atoms with Gasteiger partial charge in [0.2, 0.25) is 0 Å². The van der Waals surface area contributed by atoms with Crippen molar-refractivity contribution in [3.05, 3.63) is 70.3 Å². The van der Waals surface area contributed by atoms with E-state index in [1.54, 1.807) is 36.3 Å². The van der Waals surface area contributed by atoms with Gasteiger partial charge in [-0.3, -0.25) is 4.79 Å². The average molecular weight is 564 g/mol. The van der Waals surface area contributed by atoms with Crippen LogP contribution in [-0.4, -0.2) is 60.1 Å². The predicted octanol–water partition coefficient (Wildman–Crippen LogP) is 5.28. The summed E-state index contributed by atoms with van der Waals surface area (Å²) in [7, 11) is 1.62. The fourth-order valence-electron chi connectivity index (χ4n) is 4.84. The highest BCUT2D eigenvalue weighted by Crippen LogP contribution is 2.44. The maximum atomic E-state index is 14.0. The minimum Gasteiger partial charge on any atom is -0.495 e. The Kier molecular flexibility index (Phi) is 6.59. The van der Waals surface area contributed by atoms with Crippen molar-refractivity contribution in [2.75, 3.05) is 43.5 Å². The molecule has 2 aliphatic rings. The number of carbonyl (C=O) groups is 1. The fourth-order valence-corrected chi connectivity index (χ4v) is 5.11. The van der Waals surface area contributed by atoms with Gasteiger partial charge in [-0.2, -0.15) is 18.3 Å². The molecule has 0 saturated carbocycles. The van der Waals surface area contributed by atoms with Crippen molar-refractivity contribution in [1.29, 1.82) is 0 Å². The molecule has 2 aromatic carbocycles. The highest BCUT2D eigenvalue weighted by Gasteiger charge is 2.47. The molecule has 1 saturated heterocycles. The number of carbonyl (C=O) groups excluding carboxylic acids is 1. The number of para-hydroxylation sites is 2. The van der Waals surface area contributed by atoms with Gasteiger partial charge in [-0.1, -0.05) is 40.2 Å². The lowest BCUT2D eigenvalue weighted by Crippen LogP contribution is -2.49. The number of rotatable bonds is 4. The van der Waals surface area contributed by atoms with E-state index < -0.39 is 18.3 Å². The first-order valence-electron chi connectivity index (χ1n) is 11.6. The zero-order valence-electron chi connectivity index (χ0n) is 19.5. The molecule has 0 unspecified atom stereocenters. The van der Waals surface area contributed by atoms with Crippen molar-refractivity contribution in [3.63, 3.8) is 0 Å². The van der Waals surface area contributed by atoms with E-state index in [9.17, 15) is 18.0 Å². The summed E-state index contributed by atoms with van der Waals surface area (Å²) in [5.74, 6) is 0.527. The van der Waals surface area contributed by atoms with Crippen LogP contribution in [0, 0.1) is 0 Å². The second-order valence-corrected chi connectivity index (χ2v) is 9.76. The van der Waals surface area contributed by atoms with Gasteiger partial charge in [0.1, 0.15) is 17.1 Å². The molecule has 0 spiro atoms. The number of amides is 1. The maximum Gasteiger partial charge on any atom is 0.410 e. The Balaban J connectivity index is 1.37. The summed E-state index contributed by atoms with van der Waals surface area (Å²) in [4.78, 5) is 17.2. The molecule has 3 heterocycles. The molecule has 1 amide bonds. The summed E-state index contributed by atoms with van der Waals surface area (Å²) < 4.78 is 49.2. The lowest BCUT2D eigenvalue weighted by atomic mass is 9.96. The Morgan fingerprint density at radius 1 is 1.08 bits per heavy atom. The first kappa shape index (κ1) is 24.5. The Morgan fingerprint density at radius 2 is 1.78 bits per heavy atom. The van der Waals surface area contributed by atoms with E-state index in [2.05, 4.69) is 31.2 Å². The Labute approximate surface area is 214 Å². The standard InChI is InChI=1S/C25H25BrF3N5O2/c1-36-21-5-3-2-4-20(21)32-10-12-33(13-11-32)24(35)18-15-30-34-22(25(27,28)29)14-19(31-23(18)34)16-6-8-17(26)9-7-16/h2-9,15,19,22,31H,10-14H2,1H3/t19-,22-/m0/s1. The molecule has 7 nitrogen and oxygen atoms in total. The van der Waals surface area contributed by atoms with Crippen molar-refractivity contribution in [1.82, 2.24) is 14.7 Å². The van der Waals surface area contributed by atoms with E-state index in [0.29, 0.717) is 31.7 Å². The van der Waals surface area contributed by atoms with Gasteiger partial charge in [0.15, 0.2) is 6.04 Å². The van der Waals surface area contributed by atoms with E-state index in [4.69, 9.17) is 4.74 Å². The second kappa shape index (κ2) is 9.68. The van der Waals surface area contributed by atoms with Crippen molar-refractivity contribution < 1.29 is 22.7 Å². The smallest absolute Gasteiger partial charge is 0.410 e. The van der Waals surface area contributed by atoms with E-state index in [0.717, 1.165) is 20.6 Å². The van der Waals surface area contributed by atoms with Gasteiger partial charge in [0, 0.05) is 37.1 Å². The Bertz CT molecular complexity index is 1240. The third-order valence-electron chi connectivity index (χ3n) is 6.73. The van der Waals surface area contributed by atoms with Crippen LogP contribution in [0.25, 0.3) is 0 Å². The third-order valence-corrected chi connectivity index (χ3v) is 7.26. The van der Waals surface area contributed by atoms with Crippen molar-refractivity contribution >= 4 is 33.3 Å². The lowest BCUT2D eigenvalue weighted by molar-refractivity contribution is -0.173. The number of methoxy groups -OCH3 is 1. The molecular weight excluding hydrogens is 539 g/mol. The number of fused-ring (bicyclic) bond motifs is 1. The quantitative estimate of drug-likeness (QED) is 0.468. The minimum absolute atomic E-state index is 0.105. The van der Waals surface area contributed by atoms with Crippen LogP contribution in [0.1, 0.15) is 34.4 Å². The third kappa shape index (κ3) is 4.63. The topological polar surface area (TPSA) is 62.6 Å². The van der Waals surface area contributed by atoms with Gasteiger partial charge < -0.3 is 19.9 Å². The van der Waals surface area contributed by atoms with E-state index in [-0.39, 0.29) is 23.7 Å². The number of hydrogen-bond acceptors (Lipinski definition) is 5. The summed E-state index contributed by atoms with van der Waals surface area (Å²) in [5, 5.41) is 7.16. The molecule has 190 valence electrons. The largest absolute Gasteiger partial charge is 0.495 e. The van der Waals surface area contributed by atoms with E-state index in [1.165, 1.54) is 6.20 Å². The maximum absolute atomic E-state index is 14.0. The summed E-state index contributed by atoms with van der Waals surface area (Å²) >= 11 is 3.36. The molecule has 0 aliphatic carbocycles. The summed E-state index contributed by atoms with van der Waals surface area (Å²) in [6.07, 6.45) is -3.47. The molecular formula is C25H25BrF3N5O2. The Morgan fingerprint density at radius 3 is 2.44 bits per heavy atom. The number of alkyl halides is 3. The molecule has 0 radical (unpaired) electrons. The molecule has 2 aliphatic heterocycles. The van der Waals surface area contributed by atoms with Gasteiger partial charge >= 0.3 is 6.18 Å². The zero-order chi connectivity index (χ0) is 25.4. The van der Waals surface area contributed by atoms with Crippen LogP contribution in [0.2, 0.25) is 0 Å². The second-order valence-electron chi connectivity index (χ2n) is 8.84. The van der Waals surface area contributed by atoms with Gasteiger partial charge in [-0.15, -0.1) is 0 Å². The summed E-state index contributed by atoms with van der Waals surface area (Å²) in [6.45, 7) is 2.02. The molecule has 2 atom stereocenters. The molecule has 1 fully saturated rings. The van der Waals surface area contributed by atoms with Crippen molar-refractivity contribution in [2.24, 2.45) is 0 Å².